The maximum absolute atomic E-state index is 12.7. The van der Waals surface area contributed by atoms with Crippen LogP contribution < -0.4 is 10.6 Å². The Labute approximate surface area is 152 Å². The number of urea groups is 1. The van der Waals surface area contributed by atoms with Crippen molar-refractivity contribution in [1.82, 2.24) is 10.2 Å². The molecule has 1 aromatic rings. The normalized spacial score (nSPS) is 21.8. The summed E-state index contributed by atoms with van der Waals surface area (Å²) >= 11 is 0. The van der Waals surface area contributed by atoms with Gasteiger partial charge in [-0.05, 0) is 37.8 Å². The summed E-state index contributed by atoms with van der Waals surface area (Å²) in [5, 5.41) is 15.1. The van der Waals surface area contributed by atoms with Gasteiger partial charge in [-0.2, -0.15) is 0 Å². The summed E-state index contributed by atoms with van der Waals surface area (Å²) in [6.45, 7) is 0.896. The first-order chi connectivity index (χ1) is 12.5. The number of anilines is 1. The summed E-state index contributed by atoms with van der Waals surface area (Å²) in [6.07, 6.45) is 3.95. The molecule has 2 aliphatic rings. The van der Waals surface area contributed by atoms with Crippen LogP contribution in [0.25, 0.3) is 0 Å². The molecule has 1 atom stereocenters. The number of para-hydroxylation sites is 1. The van der Waals surface area contributed by atoms with Crippen molar-refractivity contribution in [3.63, 3.8) is 0 Å². The summed E-state index contributed by atoms with van der Waals surface area (Å²) in [6, 6.07) is 8.94. The van der Waals surface area contributed by atoms with Crippen LogP contribution in [0.15, 0.2) is 30.3 Å². The van der Waals surface area contributed by atoms with Crippen molar-refractivity contribution in [3.05, 3.63) is 30.3 Å². The summed E-state index contributed by atoms with van der Waals surface area (Å²) in [5.41, 5.74) is -0.425. The number of aliphatic carboxylic acids is 1. The zero-order chi connectivity index (χ0) is 18.6. The Hall–Kier alpha value is -2.57. The average molecular weight is 359 g/mol. The SMILES string of the molecule is O=C(NC1(C(=O)O)CCCC1)C1CCCN(C(=O)Nc2ccccc2)C1. The number of nitrogens with one attached hydrogen (secondary N) is 2. The summed E-state index contributed by atoms with van der Waals surface area (Å²) in [4.78, 5) is 38.4. The summed E-state index contributed by atoms with van der Waals surface area (Å²) < 4.78 is 0. The lowest BCUT2D eigenvalue weighted by atomic mass is 9.93. The van der Waals surface area contributed by atoms with Crippen LogP contribution >= 0.6 is 0 Å². The van der Waals surface area contributed by atoms with Gasteiger partial charge in [0, 0.05) is 18.8 Å². The number of piperidine rings is 1. The lowest BCUT2D eigenvalue weighted by Gasteiger charge is -2.34. The molecule has 7 heteroatoms. The van der Waals surface area contributed by atoms with E-state index in [-0.39, 0.29) is 17.9 Å². The van der Waals surface area contributed by atoms with E-state index < -0.39 is 11.5 Å². The van der Waals surface area contributed by atoms with E-state index in [0.29, 0.717) is 38.0 Å². The minimum atomic E-state index is -1.13. The van der Waals surface area contributed by atoms with Gasteiger partial charge in [-0.25, -0.2) is 9.59 Å². The fourth-order valence-electron chi connectivity index (χ4n) is 3.81. The maximum atomic E-state index is 12.7. The fraction of sp³-hybridized carbons (Fsp3) is 0.526. The smallest absolute Gasteiger partial charge is 0.329 e. The van der Waals surface area contributed by atoms with Gasteiger partial charge in [-0.1, -0.05) is 31.0 Å². The molecule has 0 aromatic heterocycles. The number of carboxylic acid groups (broad SMARTS) is 1. The van der Waals surface area contributed by atoms with Crippen molar-refractivity contribution < 1.29 is 19.5 Å². The molecule has 1 saturated carbocycles. The molecule has 0 bridgehead atoms. The zero-order valence-corrected chi connectivity index (χ0v) is 14.7. The van der Waals surface area contributed by atoms with E-state index in [4.69, 9.17) is 0 Å². The lowest BCUT2D eigenvalue weighted by molar-refractivity contribution is -0.148. The molecule has 1 aliphatic carbocycles. The van der Waals surface area contributed by atoms with E-state index in [1.165, 1.54) is 0 Å². The Bertz CT molecular complexity index is 671. The Morgan fingerprint density at radius 3 is 2.42 bits per heavy atom. The third-order valence-corrected chi connectivity index (χ3v) is 5.33. The molecule has 140 valence electrons. The summed E-state index contributed by atoms with van der Waals surface area (Å²) in [5.74, 6) is -1.59. The molecule has 0 radical (unpaired) electrons. The second-order valence-corrected chi connectivity index (χ2v) is 7.16. The van der Waals surface area contributed by atoms with Gasteiger partial charge < -0.3 is 20.6 Å². The third kappa shape index (κ3) is 3.98. The second kappa shape index (κ2) is 7.76. The Kier molecular flexibility index (Phi) is 5.44. The number of rotatable bonds is 4. The van der Waals surface area contributed by atoms with Gasteiger partial charge in [0.2, 0.25) is 5.91 Å². The molecule has 2 fully saturated rings. The van der Waals surface area contributed by atoms with Crippen LogP contribution in [0.3, 0.4) is 0 Å². The predicted octanol–water partition coefficient (Wildman–Crippen LogP) is 2.44. The minimum Gasteiger partial charge on any atom is -0.480 e. The van der Waals surface area contributed by atoms with Gasteiger partial charge in [0.05, 0.1) is 5.92 Å². The highest BCUT2D eigenvalue weighted by Crippen LogP contribution is 2.31. The monoisotopic (exact) mass is 359 g/mol. The molecule has 1 aromatic carbocycles. The minimum absolute atomic E-state index is 0.234. The predicted molar refractivity (Wildman–Crippen MR) is 96.7 cm³/mol. The van der Waals surface area contributed by atoms with Gasteiger partial charge in [-0.15, -0.1) is 0 Å². The molecule has 3 rings (SSSR count). The number of carbonyl (C=O) groups is 3. The summed E-state index contributed by atoms with van der Waals surface area (Å²) in [7, 11) is 0. The number of carbonyl (C=O) groups excluding carboxylic acids is 2. The van der Waals surface area contributed by atoms with Crippen molar-refractivity contribution in [1.29, 1.82) is 0 Å². The first kappa shape index (κ1) is 18.2. The van der Waals surface area contributed by atoms with E-state index in [2.05, 4.69) is 10.6 Å². The van der Waals surface area contributed by atoms with Crippen molar-refractivity contribution >= 4 is 23.6 Å². The number of benzene rings is 1. The van der Waals surface area contributed by atoms with Gasteiger partial charge in [0.1, 0.15) is 5.54 Å². The van der Waals surface area contributed by atoms with Gasteiger partial charge in [0.15, 0.2) is 0 Å². The van der Waals surface area contributed by atoms with E-state index in [0.717, 1.165) is 19.3 Å². The van der Waals surface area contributed by atoms with Crippen molar-refractivity contribution in [2.24, 2.45) is 5.92 Å². The number of hydrogen-bond donors (Lipinski definition) is 3. The average Bonchev–Trinajstić information content (AvgIpc) is 3.12. The highest BCUT2D eigenvalue weighted by atomic mass is 16.4. The highest BCUT2D eigenvalue weighted by Gasteiger charge is 2.44. The van der Waals surface area contributed by atoms with Crippen LogP contribution in [0.4, 0.5) is 10.5 Å². The van der Waals surface area contributed by atoms with E-state index in [1.54, 1.807) is 4.90 Å². The molecular weight excluding hydrogens is 334 g/mol. The van der Waals surface area contributed by atoms with Crippen molar-refractivity contribution in [2.45, 2.75) is 44.1 Å². The Balaban J connectivity index is 1.60. The number of carboxylic acids is 1. The molecule has 1 aliphatic heterocycles. The Morgan fingerprint density at radius 2 is 1.77 bits per heavy atom. The molecule has 1 saturated heterocycles. The number of amides is 3. The molecule has 7 nitrogen and oxygen atoms in total. The third-order valence-electron chi connectivity index (χ3n) is 5.33. The highest BCUT2D eigenvalue weighted by molar-refractivity contribution is 5.91. The standard InChI is InChI=1S/C19H25N3O4/c23-16(21-19(17(24)25)10-4-5-11-19)14-7-6-12-22(13-14)18(26)20-15-8-2-1-3-9-15/h1-3,8-9,14H,4-7,10-13H2,(H,20,26)(H,21,23)(H,24,25). The van der Waals surface area contributed by atoms with E-state index in [1.807, 2.05) is 30.3 Å². The topological polar surface area (TPSA) is 98.7 Å². The molecule has 3 N–H and O–H groups in total. The molecule has 26 heavy (non-hydrogen) atoms. The van der Waals surface area contributed by atoms with E-state index in [9.17, 15) is 19.5 Å². The zero-order valence-electron chi connectivity index (χ0n) is 14.7. The molecule has 3 amide bonds. The molecule has 1 heterocycles. The molecule has 1 unspecified atom stereocenters. The van der Waals surface area contributed by atoms with Gasteiger partial charge >= 0.3 is 12.0 Å². The maximum Gasteiger partial charge on any atom is 0.329 e. The number of likely N-dealkylation sites (tertiary alicyclic amines) is 1. The molecule has 0 spiro atoms. The fourth-order valence-corrected chi connectivity index (χ4v) is 3.81. The molecular formula is C19H25N3O4. The Morgan fingerprint density at radius 1 is 1.08 bits per heavy atom. The largest absolute Gasteiger partial charge is 0.480 e. The van der Waals surface area contributed by atoms with Crippen LogP contribution in [0.1, 0.15) is 38.5 Å². The van der Waals surface area contributed by atoms with Crippen LogP contribution in [0, 0.1) is 5.92 Å². The first-order valence-electron chi connectivity index (χ1n) is 9.17. The first-order valence-corrected chi connectivity index (χ1v) is 9.17. The van der Waals surface area contributed by atoms with Crippen molar-refractivity contribution in [3.8, 4) is 0 Å². The second-order valence-electron chi connectivity index (χ2n) is 7.16. The number of nitrogens with zero attached hydrogens (tertiary/aromatic N) is 1. The quantitative estimate of drug-likeness (QED) is 0.769. The van der Waals surface area contributed by atoms with Gasteiger partial charge in [0.25, 0.3) is 0 Å². The number of hydrogen-bond acceptors (Lipinski definition) is 3. The van der Waals surface area contributed by atoms with Crippen LogP contribution in [-0.2, 0) is 9.59 Å². The van der Waals surface area contributed by atoms with Crippen LogP contribution in [0.2, 0.25) is 0 Å². The van der Waals surface area contributed by atoms with Gasteiger partial charge in [-0.3, -0.25) is 4.79 Å². The van der Waals surface area contributed by atoms with Crippen LogP contribution in [-0.4, -0.2) is 46.5 Å². The lowest BCUT2D eigenvalue weighted by Crippen LogP contribution is -2.56. The van der Waals surface area contributed by atoms with Crippen molar-refractivity contribution in [2.75, 3.05) is 18.4 Å². The van der Waals surface area contributed by atoms with Crippen LogP contribution in [0.5, 0.6) is 0 Å². The van der Waals surface area contributed by atoms with E-state index >= 15 is 0 Å².